The molecule has 2 aliphatic rings. The summed E-state index contributed by atoms with van der Waals surface area (Å²) in [5.41, 5.74) is 2.26. The highest BCUT2D eigenvalue weighted by atomic mass is 16.6. The van der Waals surface area contributed by atoms with Gasteiger partial charge in [0.2, 0.25) is 0 Å². The first-order chi connectivity index (χ1) is 21.6. The van der Waals surface area contributed by atoms with Crippen molar-refractivity contribution in [3.8, 4) is 11.5 Å². The molecule has 44 heavy (non-hydrogen) atoms. The zero-order valence-corrected chi connectivity index (χ0v) is 25.6. The lowest BCUT2D eigenvalue weighted by Crippen LogP contribution is -2.18. The summed E-state index contributed by atoms with van der Waals surface area (Å²) in [4.78, 5) is 0. The molecule has 0 N–H and O–H groups in total. The van der Waals surface area contributed by atoms with Crippen LogP contribution in [-0.4, -0.2) is 77.3 Å². The normalized spacial score (nSPS) is 18.8. The van der Waals surface area contributed by atoms with E-state index in [0.717, 1.165) is 57.4 Å². The van der Waals surface area contributed by atoms with Crippen molar-refractivity contribution in [3.63, 3.8) is 0 Å². The predicted molar refractivity (Wildman–Crippen MR) is 169 cm³/mol. The van der Waals surface area contributed by atoms with Crippen LogP contribution in [0.1, 0.15) is 25.0 Å². The standard InChI is InChI=1S/C36H42O8/c1-25(41-21-35-23-43-35)17-37-19-27-3-5-31-15-33(9-7-29(31)13-27)39-11-12-40-34-10-8-30-14-28(4-6-32(30)16-34)20-38-18-26(2)42-22-36-24-44-36/h3-10,13-16,25-26,35-36H,11-12,17-24H2,1-2H3. The topological polar surface area (TPSA) is 80.4 Å². The van der Waals surface area contributed by atoms with Crippen molar-refractivity contribution in [3.05, 3.63) is 83.9 Å². The Kier molecular flexibility index (Phi) is 10.6. The molecule has 4 unspecified atom stereocenters. The molecule has 2 saturated heterocycles. The van der Waals surface area contributed by atoms with Crippen molar-refractivity contribution in [2.45, 2.75) is 51.5 Å². The minimum absolute atomic E-state index is 0.0523. The molecule has 4 aromatic rings. The Bertz CT molecular complexity index is 1390. The van der Waals surface area contributed by atoms with E-state index < -0.39 is 0 Å². The summed E-state index contributed by atoms with van der Waals surface area (Å²) in [6.07, 6.45) is 0.658. The van der Waals surface area contributed by atoms with E-state index in [1.165, 1.54) is 0 Å². The Balaban J connectivity index is 0.904. The molecule has 4 atom stereocenters. The van der Waals surface area contributed by atoms with Crippen molar-refractivity contribution >= 4 is 21.5 Å². The van der Waals surface area contributed by atoms with Crippen molar-refractivity contribution in [2.75, 3.05) is 52.9 Å². The summed E-state index contributed by atoms with van der Waals surface area (Å²) >= 11 is 0. The van der Waals surface area contributed by atoms with Crippen molar-refractivity contribution < 1.29 is 37.9 Å². The molecule has 2 aliphatic heterocycles. The van der Waals surface area contributed by atoms with E-state index >= 15 is 0 Å². The molecule has 0 aromatic heterocycles. The van der Waals surface area contributed by atoms with Gasteiger partial charge in [-0.05, 0) is 82.9 Å². The van der Waals surface area contributed by atoms with E-state index in [4.69, 9.17) is 37.9 Å². The average Bonchev–Trinajstić information content (AvgIpc) is 3.97. The molecular weight excluding hydrogens is 560 g/mol. The summed E-state index contributed by atoms with van der Waals surface area (Å²) in [5, 5.41) is 4.55. The van der Waals surface area contributed by atoms with E-state index in [1.807, 2.05) is 26.0 Å². The Morgan fingerprint density at radius 2 is 1.00 bits per heavy atom. The molecule has 0 radical (unpaired) electrons. The molecule has 0 spiro atoms. The van der Waals surface area contributed by atoms with Crippen LogP contribution >= 0.6 is 0 Å². The van der Waals surface area contributed by atoms with Gasteiger partial charge in [-0.25, -0.2) is 0 Å². The fourth-order valence-electron chi connectivity index (χ4n) is 4.88. The summed E-state index contributed by atoms with van der Waals surface area (Å²) in [7, 11) is 0. The van der Waals surface area contributed by atoms with Crippen LogP contribution in [0.3, 0.4) is 0 Å². The quantitative estimate of drug-likeness (QED) is 0.0942. The maximum Gasteiger partial charge on any atom is 0.122 e. The molecule has 8 nitrogen and oxygen atoms in total. The average molecular weight is 603 g/mol. The zero-order chi connectivity index (χ0) is 30.1. The highest BCUT2D eigenvalue weighted by Crippen LogP contribution is 2.24. The van der Waals surface area contributed by atoms with E-state index in [1.54, 1.807) is 0 Å². The second kappa shape index (κ2) is 15.2. The predicted octanol–water partition coefficient (Wildman–Crippen LogP) is 6.09. The van der Waals surface area contributed by atoms with Crippen LogP contribution < -0.4 is 9.47 Å². The molecule has 0 aliphatic carbocycles. The second-order valence-electron chi connectivity index (χ2n) is 11.6. The highest BCUT2D eigenvalue weighted by molar-refractivity contribution is 5.85. The maximum absolute atomic E-state index is 5.99. The number of fused-ring (bicyclic) bond motifs is 2. The van der Waals surface area contributed by atoms with Crippen LogP contribution in [0.5, 0.6) is 11.5 Å². The van der Waals surface area contributed by atoms with Gasteiger partial charge >= 0.3 is 0 Å². The monoisotopic (exact) mass is 602 g/mol. The number of ether oxygens (including phenoxy) is 8. The van der Waals surface area contributed by atoms with Gasteiger partial charge in [0, 0.05) is 0 Å². The van der Waals surface area contributed by atoms with Gasteiger partial charge < -0.3 is 37.9 Å². The van der Waals surface area contributed by atoms with Crippen LogP contribution in [0.2, 0.25) is 0 Å². The Labute approximate surface area is 259 Å². The second-order valence-corrected chi connectivity index (χ2v) is 11.6. The van der Waals surface area contributed by atoms with Crippen LogP contribution in [-0.2, 0) is 41.6 Å². The van der Waals surface area contributed by atoms with Gasteiger partial charge in [0.15, 0.2) is 0 Å². The molecule has 0 saturated carbocycles. The van der Waals surface area contributed by atoms with Crippen LogP contribution in [0.4, 0.5) is 0 Å². The Morgan fingerprint density at radius 1 is 0.591 bits per heavy atom. The van der Waals surface area contributed by atoms with Crippen LogP contribution in [0.15, 0.2) is 72.8 Å². The van der Waals surface area contributed by atoms with Crippen molar-refractivity contribution in [1.29, 1.82) is 0 Å². The molecule has 2 fully saturated rings. The molecule has 4 aromatic carbocycles. The molecular formula is C36H42O8. The largest absolute Gasteiger partial charge is 0.490 e. The SMILES string of the molecule is CC(COCc1ccc2cc(OCCOc3ccc4cc(COCC(C)OCC5CO5)ccc4c3)ccc2c1)OCC1CO1. The third-order valence-corrected chi connectivity index (χ3v) is 7.55. The van der Waals surface area contributed by atoms with E-state index in [2.05, 4.69) is 60.7 Å². The Morgan fingerprint density at radius 3 is 1.43 bits per heavy atom. The highest BCUT2D eigenvalue weighted by Gasteiger charge is 2.24. The van der Waals surface area contributed by atoms with Crippen LogP contribution in [0.25, 0.3) is 21.5 Å². The fourth-order valence-corrected chi connectivity index (χ4v) is 4.88. The molecule has 234 valence electrons. The first-order valence-corrected chi connectivity index (χ1v) is 15.5. The molecule has 8 heteroatoms. The van der Waals surface area contributed by atoms with E-state index in [-0.39, 0.29) is 24.4 Å². The third kappa shape index (κ3) is 9.63. The van der Waals surface area contributed by atoms with Crippen molar-refractivity contribution in [1.82, 2.24) is 0 Å². The van der Waals surface area contributed by atoms with Crippen LogP contribution in [0, 0.1) is 0 Å². The van der Waals surface area contributed by atoms with Gasteiger partial charge in [0.05, 0.1) is 65.1 Å². The number of epoxide rings is 2. The Hall–Kier alpha value is -3.24. The fraction of sp³-hybridized carbons (Fsp3) is 0.444. The number of hydrogen-bond donors (Lipinski definition) is 0. The lowest BCUT2D eigenvalue weighted by molar-refractivity contribution is -0.0166. The smallest absolute Gasteiger partial charge is 0.122 e. The summed E-state index contributed by atoms with van der Waals surface area (Å²) < 4.78 is 45.5. The summed E-state index contributed by atoms with van der Waals surface area (Å²) in [6, 6.07) is 25.0. The molecule has 0 bridgehead atoms. The number of benzene rings is 4. The minimum Gasteiger partial charge on any atom is -0.490 e. The number of rotatable bonds is 19. The summed E-state index contributed by atoms with van der Waals surface area (Å²) in [6.45, 7) is 10.1. The molecule has 6 rings (SSSR count). The molecule has 0 amide bonds. The lowest BCUT2D eigenvalue weighted by Gasteiger charge is -2.13. The third-order valence-electron chi connectivity index (χ3n) is 7.55. The lowest BCUT2D eigenvalue weighted by atomic mass is 10.1. The van der Waals surface area contributed by atoms with E-state index in [0.29, 0.717) is 52.9 Å². The van der Waals surface area contributed by atoms with Gasteiger partial charge in [-0.2, -0.15) is 0 Å². The van der Waals surface area contributed by atoms with Gasteiger partial charge in [-0.1, -0.05) is 36.4 Å². The van der Waals surface area contributed by atoms with Gasteiger partial charge in [0.25, 0.3) is 0 Å². The minimum atomic E-state index is 0.0523. The van der Waals surface area contributed by atoms with Gasteiger partial charge in [-0.3, -0.25) is 0 Å². The first-order valence-electron chi connectivity index (χ1n) is 15.5. The zero-order valence-electron chi connectivity index (χ0n) is 25.6. The first kappa shape index (κ1) is 30.8. The van der Waals surface area contributed by atoms with Crippen molar-refractivity contribution in [2.24, 2.45) is 0 Å². The van der Waals surface area contributed by atoms with Gasteiger partial charge in [-0.15, -0.1) is 0 Å². The molecule has 2 heterocycles. The number of hydrogen-bond acceptors (Lipinski definition) is 8. The van der Waals surface area contributed by atoms with Gasteiger partial charge in [0.1, 0.15) is 36.9 Å². The summed E-state index contributed by atoms with van der Waals surface area (Å²) in [5.74, 6) is 1.64. The van der Waals surface area contributed by atoms with E-state index in [9.17, 15) is 0 Å². The maximum atomic E-state index is 5.99.